The van der Waals surface area contributed by atoms with Crippen molar-refractivity contribution in [3.63, 3.8) is 0 Å². The summed E-state index contributed by atoms with van der Waals surface area (Å²) in [4.78, 5) is 23.7. The van der Waals surface area contributed by atoms with Crippen LogP contribution in [-0.4, -0.2) is 31.6 Å². The van der Waals surface area contributed by atoms with Crippen LogP contribution in [0.2, 0.25) is 0 Å². The molecule has 112 valence electrons. The molecule has 1 aliphatic carbocycles. The third kappa shape index (κ3) is 2.44. The van der Waals surface area contributed by atoms with Crippen molar-refractivity contribution in [2.24, 2.45) is 5.90 Å². The van der Waals surface area contributed by atoms with Crippen LogP contribution < -0.4 is 5.90 Å². The Morgan fingerprint density at radius 2 is 2.14 bits per heavy atom. The average Bonchev–Trinajstić information content (AvgIpc) is 2.86. The second kappa shape index (κ2) is 4.99. The quantitative estimate of drug-likeness (QED) is 0.846. The van der Waals surface area contributed by atoms with Gasteiger partial charge >= 0.3 is 5.97 Å². The summed E-state index contributed by atoms with van der Waals surface area (Å²) in [7, 11) is 0. The molecule has 0 atom stereocenters. The van der Waals surface area contributed by atoms with E-state index in [4.69, 9.17) is 5.90 Å². The molecule has 0 amide bonds. The molecule has 0 spiro atoms. The largest absolute Gasteiger partial charge is 0.378 e. The molecule has 21 heavy (non-hydrogen) atoms. The Bertz CT molecular complexity index is 677. The van der Waals surface area contributed by atoms with Gasteiger partial charge in [0.15, 0.2) is 11.3 Å². The molecule has 1 aliphatic rings. The summed E-state index contributed by atoms with van der Waals surface area (Å²) < 4.78 is 28.0. The van der Waals surface area contributed by atoms with Crippen molar-refractivity contribution >= 4 is 17.0 Å². The normalized spacial score (nSPS) is 18.8. The first kappa shape index (κ1) is 13.8. The topological polar surface area (TPSA) is 95.9 Å². The summed E-state index contributed by atoms with van der Waals surface area (Å²) in [5.41, 5.74) is 0.408. The molecule has 1 saturated carbocycles. The second-order valence-electron chi connectivity index (χ2n) is 5.05. The second-order valence-corrected chi connectivity index (χ2v) is 5.05. The molecule has 7 nitrogen and oxygen atoms in total. The Balaban J connectivity index is 2.01. The molecule has 0 aliphatic heterocycles. The maximum absolute atomic E-state index is 13.2. The Morgan fingerprint density at radius 1 is 1.43 bits per heavy atom. The minimum absolute atomic E-state index is 0.00886. The lowest BCUT2D eigenvalue weighted by Crippen LogP contribution is -2.27. The van der Waals surface area contributed by atoms with E-state index < -0.39 is 11.9 Å². The molecule has 0 saturated heterocycles. The van der Waals surface area contributed by atoms with E-state index in [1.165, 1.54) is 17.2 Å². The van der Waals surface area contributed by atoms with Crippen LogP contribution >= 0.6 is 0 Å². The number of fused-ring (bicyclic) bond motifs is 1. The molecule has 0 radical (unpaired) electrons. The summed E-state index contributed by atoms with van der Waals surface area (Å²) in [6.45, 7) is 0. The number of nitrogens with zero attached hydrogens (tertiary/aromatic N) is 4. The monoisotopic (exact) mass is 297 g/mol. The highest BCUT2D eigenvalue weighted by molar-refractivity contribution is 6.00. The van der Waals surface area contributed by atoms with Crippen molar-refractivity contribution in [3.05, 3.63) is 18.2 Å². The highest BCUT2D eigenvalue weighted by atomic mass is 19.3. The highest BCUT2D eigenvalue weighted by Crippen LogP contribution is 2.39. The van der Waals surface area contributed by atoms with Gasteiger partial charge in [-0.05, 0) is 12.8 Å². The zero-order chi connectivity index (χ0) is 15.0. The lowest BCUT2D eigenvalue weighted by molar-refractivity contribution is -0.0447. The Labute approximate surface area is 118 Å². The number of hydrogen-bond acceptors (Lipinski definition) is 6. The molecule has 1 fully saturated rings. The first-order valence-electron chi connectivity index (χ1n) is 6.49. The summed E-state index contributed by atoms with van der Waals surface area (Å²) in [6.07, 6.45) is 2.86. The number of alkyl halides is 2. The van der Waals surface area contributed by atoms with Gasteiger partial charge in [0, 0.05) is 19.0 Å². The van der Waals surface area contributed by atoms with Crippen LogP contribution in [-0.2, 0) is 4.84 Å². The van der Waals surface area contributed by atoms with Crippen molar-refractivity contribution in [1.29, 1.82) is 0 Å². The molecule has 2 aromatic rings. The first-order valence-corrected chi connectivity index (χ1v) is 6.49. The van der Waals surface area contributed by atoms with E-state index in [9.17, 15) is 13.6 Å². The SMILES string of the molecule is NOC(=O)c1nn(C2CCC(F)(F)CC2)c2ncncc12. The molecule has 0 unspecified atom stereocenters. The number of nitrogens with two attached hydrogens (primary N) is 1. The lowest BCUT2D eigenvalue weighted by Gasteiger charge is -2.28. The van der Waals surface area contributed by atoms with E-state index in [0.29, 0.717) is 11.0 Å². The molecule has 3 rings (SSSR count). The predicted octanol–water partition coefficient (Wildman–Crippen LogP) is 1.61. The smallest absolute Gasteiger partial charge is 0.368 e. The van der Waals surface area contributed by atoms with E-state index in [1.807, 2.05) is 0 Å². The third-order valence-electron chi connectivity index (χ3n) is 3.70. The number of carbonyl (C=O) groups excluding carboxylic acids is 1. The minimum atomic E-state index is -2.63. The Hall–Kier alpha value is -2.16. The van der Waals surface area contributed by atoms with Crippen LogP contribution in [0, 0.1) is 0 Å². The zero-order valence-electron chi connectivity index (χ0n) is 11.0. The summed E-state index contributed by atoms with van der Waals surface area (Å²) in [5, 5.41) is 4.54. The van der Waals surface area contributed by atoms with Crippen LogP contribution in [0.1, 0.15) is 42.2 Å². The van der Waals surface area contributed by atoms with E-state index in [0.717, 1.165) is 0 Å². The molecule has 9 heteroatoms. The fraction of sp³-hybridized carbons (Fsp3) is 0.500. The van der Waals surface area contributed by atoms with Gasteiger partial charge in [-0.25, -0.2) is 28.2 Å². The number of rotatable bonds is 2. The van der Waals surface area contributed by atoms with Gasteiger partial charge in [0.25, 0.3) is 0 Å². The number of carbonyl (C=O) groups is 1. The molecule has 2 aromatic heterocycles. The standard InChI is InChI=1S/C12H13F2N5O2/c13-12(14)3-1-7(2-4-12)19-10-8(5-16-6-17-10)9(18-19)11(20)21-15/h5-7H,1-4,15H2. The maximum atomic E-state index is 13.2. The molecule has 0 aromatic carbocycles. The van der Waals surface area contributed by atoms with Gasteiger partial charge in [-0.3, -0.25) is 0 Å². The fourth-order valence-corrected chi connectivity index (χ4v) is 2.61. The van der Waals surface area contributed by atoms with Crippen molar-refractivity contribution in [2.45, 2.75) is 37.6 Å². The van der Waals surface area contributed by atoms with Gasteiger partial charge in [-0.1, -0.05) is 0 Å². The Morgan fingerprint density at radius 3 is 2.81 bits per heavy atom. The molecular formula is C12H13F2N5O2. The van der Waals surface area contributed by atoms with Gasteiger partial charge in [-0.15, -0.1) is 0 Å². The van der Waals surface area contributed by atoms with Crippen molar-refractivity contribution in [1.82, 2.24) is 19.7 Å². The summed E-state index contributed by atoms with van der Waals surface area (Å²) in [6, 6.07) is -0.235. The van der Waals surface area contributed by atoms with E-state index >= 15 is 0 Å². The van der Waals surface area contributed by atoms with Crippen molar-refractivity contribution < 1.29 is 18.4 Å². The Kier molecular flexibility index (Phi) is 3.28. The lowest BCUT2D eigenvalue weighted by atomic mass is 9.92. The first-order chi connectivity index (χ1) is 10.0. The average molecular weight is 297 g/mol. The van der Waals surface area contributed by atoms with E-state index in [2.05, 4.69) is 19.9 Å². The summed E-state index contributed by atoms with van der Waals surface area (Å²) in [5.74, 6) is 1.44. The highest BCUT2D eigenvalue weighted by Gasteiger charge is 2.37. The zero-order valence-corrected chi connectivity index (χ0v) is 11.0. The maximum Gasteiger partial charge on any atom is 0.378 e. The van der Waals surface area contributed by atoms with Crippen molar-refractivity contribution in [2.75, 3.05) is 0 Å². The van der Waals surface area contributed by atoms with Crippen molar-refractivity contribution in [3.8, 4) is 0 Å². The van der Waals surface area contributed by atoms with Gasteiger partial charge in [0.2, 0.25) is 5.92 Å². The van der Waals surface area contributed by atoms with Gasteiger partial charge in [0.05, 0.1) is 11.4 Å². The van der Waals surface area contributed by atoms with Crippen LogP contribution in [0.25, 0.3) is 11.0 Å². The predicted molar refractivity (Wildman–Crippen MR) is 67.4 cm³/mol. The summed E-state index contributed by atoms with van der Waals surface area (Å²) >= 11 is 0. The number of aromatic nitrogens is 4. The fourth-order valence-electron chi connectivity index (χ4n) is 2.61. The molecular weight excluding hydrogens is 284 g/mol. The number of hydrogen-bond donors (Lipinski definition) is 1. The van der Waals surface area contributed by atoms with Gasteiger partial charge in [0.1, 0.15) is 6.33 Å². The minimum Gasteiger partial charge on any atom is -0.368 e. The van der Waals surface area contributed by atoms with Crippen LogP contribution in [0.3, 0.4) is 0 Å². The van der Waals surface area contributed by atoms with Gasteiger partial charge in [-0.2, -0.15) is 11.0 Å². The molecule has 2 N–H and O–H groups in total. The molecule has 0 bridgehead atoms. The van der Waals surface area contributed by atoms with Crippen LogP contribution in [0.5, 0.6) is 0 Å². The number of halogens is 2. The van der Waals surface area contributed by atoms with E-state index in [-0.39, 0.29) is 37.4 Å². The third-order valence-corrected chi connectivity index (χ3v) is 3.70. The van der Waals surface area contributed by atoms with E-state index in [1.54, 1.807) is 0 Å². The molecule has 2 heterocycles. The van der Waals surface area contributed by atoms with Crippen LogP contribution in [0.15, 0.2) is 12.5 Å². The van der Waals surface area contributed by atoms with Gasteiger partial charge < -0.3 is 4.84 Å². The van der Waals surface area contributed by atoms with Crippen LogP contribution in [0.4, 0.5) is 8.78 Å².